The summed E-state index contributed by atoms with van der Waals surface area (Å²) < 4.78 is 4.52. The van der Waals surface area contributed by atoms with Gasteiger partial charge in [-0.25, -0.2) is 0 Å². The number of nitrogens with two attached hydrogens (primary N) is 1. The highest BCUT2D eigenvalue weighted by molar-refractivity contribution is 5.69. The fraction of sp³-hybridized carbons (Fsp3) is 0.364. The van der Waals surface area contributed by atoms with Crippen LogP contribution in [-0.2, 0) is 9.53 Å². The second-order valence-electron chi connectivity index (χ2n) is 3.31. The van der Waals surface area contributed by atoms with Crippen molar-refractivity contribution in [2.24, 2.45) is 5.73 Å². The molecule has 0 aromatic heterocycles. The zero-order valence-electron chi connectivity index (χ0n) is 8.64. The lowest BCUT2D eigenvalue weighted by Crippen LogP contribution is -2.12. The predicted molar refractivity (Wildman–Crippen MR) is 56.3 cm³/mol. The van der Waals surface area contributed by atoms with E-state index in [2.05, 4.69) is 4.74 Å². The highest BCUT2D eigenvalue weighted by atomic mass is 16.5. The molecule has 0 bridgehead atoms. The summed E-state index contributed by atoms with van der Waals surface area (Å²) in [5.74, 6) is -0.0526. The van der Waals surface area contributed by atoms with Crippen LogP contribution in [0.1, 0.15) is 24.4 Å². The molecule has 1 rings (SSSR count). The van der Waals surface area contributed by atoms with E-state index in [1.54, 1.807) is 24.3 Å². The van der Waals surface area contributed by atoms with Crippen molar-refractivity contribution < 1.29 is 14.6 Å². The third kappa shape index (κ3) is 3.59. The number of carbonyl (C=O) groups is 1. The molecule has 3 N–H and O–H groups in total. The lowest BCUT2D eigenvalue weighted by molar-refractivity contribution is -0.140. The fourth-order valence-corrected chi connectivity index (χ4v) is 1.26. The van der Waals surface area contributed by atoms with Crippen LogP contribution >= 0.6 is 0 Å². The molecule has 0 aliphatic heterocycles. The second-order valence-corrected chi connectivity index (χ2v) is 3.31. The van der Waals surface area contributed by atoms with Crippen molar-refractivity contribution in [3.63, 3.8) is 0 Å². The molecule has 0 aliphatic carbocycles. The summed E-state index contributed by atoms with van der Waals surface area (Å²) in [6.07, 6.45) is 0.843. The van der Waals surface area contributed by atoms with Crippen LogP contribution in [0.15, 0.2) is 24.3 Å². The summed E-state index contributed by atoms with van der Waals surface area (Å²) in [4.78, 5) is 10.9. The van der Waals surface area contributed by atoms with Crippen molar-refractivity contribution in [2.75, 3.05) is 7.11 Å². The van der Waals surface area contributed by atoms with E-state index in [0.717, 1.165) is 5.56 Å². The number of phenols is 1. The zero-order chi connectivity index (χ0) is 11.3. The molecule has 4 nitrogen and oxygen atoms in total. The Morgan fingerprint density at radius 2 is 2.07 bits per heavy atom. The van der Waals surface area contributed by atoms with Crippen LogP contribution in [0.3, 0.4) is 0 Å². The average Bonchev–Trinajstić information content (AvgIpc) is 2.26. The molecule has 82 valence electrons. The maximum atomic E-state index is 10.9. The summed E-state index contributed by atoms with van der Waals surface area (Å²) in [5.41, 5.74) is 6.76. The number of benzene rings is 1. The van der Waals surface area contributed by atoms with Gasteiger partial charge in [-0.2, -0.15) is 0 Å². The fourth-order valence-electron chi connectivity index (χ4n) is 1.26. The van der Waals surface area contributed by atoms with Gasteiger partial charge in [0.2, 0.25) is 0 Å². The maximum Gasteiger partial charge on any atom is 0.305 e. The molecular formula is C11H15NO3. The summed E-state index contributed by atoms with van der Waals surface area (Å²) in [7, 11) is 1.36. The van der Waals surface area contributed by atoms with Gasteiger partial charge in [-0.05, 0) is 24.1 Å². The van der Waals surface area contributed by atoms with Gasteiger partial charge in [-0.3, -0.25) is 4.79 Å². The third-order valence-electron chi connectivity index (χ3n) is 2.21. The van der Waals surface area contributed by atoms with Gasteiger partial charge in [0.05, 0.1) is 7.11 Å². The SMILES string of the molecule is COC(=O)CCC(N)c1ccc(O)cc1. The number of aromatic hydroxyl groups is 1. The van der Waals surface area contributed by atoms with Gasteiger partial charge in [0.1, 0.15) is 5.75 Å². The Kier molecular flexibility index (Phi) is 4.12. The second kappa shape index (κ2) is 5.36. The van der Waals surface area contributed by atoms with Gasteiger partial charge in [-0.15, -0.1) is 0 Å². The summed E-state index contributed by atoms with van der Waals surface area (Å²) >= 11 is 0. The summed E-state index contributed by atoms with van der Waals surface area (Å²) in [6, 6.07) is 6.44. The maximum absolute atomic E-state index is 10.9. The zero-order valence-corrected chi connectivity index (χ0v) is 8.64. The minimum absolute atomic E-state index is 0.204. The lowest BCUT2D eigenvalue weighted by Gasteiger charge is -2.10. The molecule has 0 fully saturated rings. The van der Waals surface area contributed by atoms with Gasteiger partial charge in [0.15, 0.2) is 0 Å². The largest absolute Gasteiger partial charge is 0.508 e. The van der Waals surface area contributed by atoms with Crippen molar-refractivity contribution in [3.05, 3.63) is 29.8 Å². The normalized spacial score (nSPS) is 12.1. The molecule has 4 heteroatoms. The monoisotopic (exact) mass is 209 g/mol. The molecule has 0 saturated carbocycles. The molecule has 0 aliphatic rings. The standard InChI is InChI=1S/C11H15NO3/c1-15-11(14)7-6-10(12)8-2-4-9(13)5-3-8/h2-5,10,13H,6-7,12H2,1H3. The van der Waals surface area contributed by atoms with E-state index in [0.29, 0.717) is 12.8 Å². The molecule has 0 saturated heterocycles. The van der Waals surface area contributed by atoms with E-state index in [4.69, 9.17) is 10.8 Å². The predicted octanol–water partition coefficient (Wildman–Crippen LogP) is 1.35. The Hall–Kier alpha value is -1.55. The van der Waals surface area contributed by atoms with E-state index < -0.39 is 0 Å². The van der Waals surface area contributed by atoms with Crippen molar-refractivity contribution in [1.29, 1.82) is 0 Å². The first-order valence-corrected chi connectivity index (χ1v) is 4.75. The molecule has 1 atom stereocenters. The molecule has 0 amide bonds. The number of rotatable bonds is 4. The number of hydrogen-bond acceptors (Lipinski definition) is 4. The van der Waals surface area contributed by atoms with Crippen molar-refractivity contribution in [3.8, 4) is 5.75 Å². The van der Waals surface area contributed by atoms with Crippen molar-refractivity contribution in [1.82, 2.24) is 0 Å². The number of methoxy groups -OCH3 is 1. The van der Waals surface area contributed by atoms with Crippen LogP contribution in [-0.4, -0.2) is 18.2 Å². The average molecular weight is 209 g/mol. The summed E-state index contributed by atoms with van der Waals surface area (Å²) in [6.45, 7) is 0. The van der Waals surface area contributed by atoms with Gasteiger partial charge in [0, 0.05) is 12.5 Å². The minimum atomic E-state index is -0.260. The highest BCUT2D eigenvalue weighted by Crippen LogP contribution is 2.18. The third-order valence-corrected chi connectivity index (χ3v) is 2.21. The lowest BCUT2D eigenvalue weighted by atomic mass is 10.0. The van der Waals surface area contributed by atoms with Crippen LogP contribution in [0.25, 0.3) is 0 Å². The Bertz CT molecular complexity index is 321. The Morgan fingerprint density at radius 3 is 2.60 bits per heavy atom. The number of ether oxygens (including phenoxy) is 1. The summed E-state index contributed by atoms with van der Waals surface area (Å²) in [5, 5.41) is 9.08. The molecule has 1 unspecified atom stereocenters. The van der Waals surface area contributed by atoms with E-state index in [1.807, 2.05) is 0 Å². The first-order valence-electron chi connectivity index (χ1n) is 4.75. The van der Waals surface area contributed by atoms with E-state index in [-0.39, 0.29) is 17.8 Å². The number of hydrogen-bond donors (Lipinski definition) is 2. The molecule has 15 heavy (non-hydrogen) atoms. The first-order chi connectivity index (χ1) is 7.13. The van der Waals surface area contributed by atoms with Crippen molar-refractivity contribution >= 4 is 5.97 Å². The van der Waals surface area contributed by atoms with Crippen LogP contribution < -0.4 is 5.73 Å². The van der Waals surface area contributed by atoms with Crippen LogP contribution in [0.5, 0.6) is 5.75 Å². The van der Waals surface area contributed by atoms with E-state index >= 15 is 0 Å². The van der Waals surface area contributed by atoms with Gasteiger partial charge in [0.25, 0.3) is 0 Å². The van der Waals surface area contributed by atoms with Crippen LogP contribution in [0, 0.1) is 0 Å². The topological polar surface area (TPSA) is 72.5 Å². The molecule has 1 aromatic rings. The Balaban J connectivity index is 2.50. The highest BCUT2D eigenvalue weighted by Gasteiger charge is 2.08. The molecule has 1 aromatic carbocycles. The van der Waals surface area contributed by atoms with E-state index in [1.165, 1.54) is 7.11 Å². The van der Waals surface area contributed by atoms with Gasteiger partial charge in [-0.1, -0.05) is 12.1 Å². The van der Waals surface area contributed by atoms with Gasteiger partial charge < -0.3 is 15.6 Å². The molecule has 0 heterocycles. The van der Waals surface area contributed by atoms with E-state index in [9.17, 15) is 4.79 Å². The smallest absolute Gasteiger partial charge is 0.305 e. The number of phenolic OH excluding ortho intramolecular Hbond substituents is 1. The number of carbonyl (C=O) groups excluding carboxylic acids is 1. The minimum Gasteiger partial charge on any atom is -0.508 e. The van der Waals surface area contributed by atoms with Crippen LogP contribution in [0.4, 0.5) is 0 Å². The quantitative estimate of drug-likeness (QED) is 0.734. The van der Waals surface area contributed by atoms with Gasteiger partial charge >= 0.3 is 5.97 Å². The Labute approximate surface area is 88.7 Å². The Morgan fingerprint density at radius 1 is 1.47 bits per heavy atom. The molecule has 0 radical (unpaired) electrons. The number of esters is 1. The first kappa shape index (κ1) is 11.5. The van der Waals surface area contributed by atoms with Crippen molar-refractivity contribution in [2.45, 2.75) is 18.9 Å². The molecular weight excluding hydrogens is 194 g/mol. The molecule has 0 spiro atoms. The van der Waals surface area contributed by atoms with Crippen LogP contribution in [0.2, 0.25) is 0 Å².